The van der Waals surface area contributed by atoms with Crippen molar-refractivity contribution in [3.05, 3.63) is 99.1 Å². The van der Waals surface area contributed by atoms with Crippen molar-refractivity contribution in [2.75, 3.05) is 6.61 Å². The highest BCUT2D eigenvalue weighted by atomic mass is 19.4. The van der Waals surface area contributed by atoms with Crippen molar-refractivity contribution in [3.63, 3.8) is 0 Å². The largest absolute Gasteiger partial charge is 0.416 e. The molecule has 2 aromatic heterocycles. The molecule has 2 N–H and O–H groups in total. The van der Waals surface area contributed by atoms with Gasteiger partial charge in [0.05, 0.1) is 11.1 Å². The molecule has 4 rings (SSSR count). The number of aliphatic hydroxyl groups excluding tert-OH is 1. The molecule has 2 aromatic carbocycles. The Balaban J connectivity index is 1.88. The summed E-state index contributed by atoms with van der Waals surface area (Å²) in [7, 11) is 0. The molecule has 4 aromatic rings. The summed E-state index contributed by atoms with van der Waals surface area (Å²) in [5.41, 5.74) is -2.46. The number of nitrogens with one attached hydrogen (secondary N) is 1. The van der Waals surface area contributed by atoms with Crippen LogP contribution < -0.4 is 10.9 Å². The van der Waals surface area contributed by atoms with E-state index >= 15 is 0 Å². The second kappa shape index (κ2) is 11.4. The zero-order valence-corrected chi connectivity index (χ0v) is 21.9. The highest BCUT2D eigenvalue weighted by Gasteiger charge is 2.37. The lowest BCUT2D eigenvalue weighted by Crippen LogP contribution is -2.35. The second-order valence-corrected chi connectivity index (χ2v) is 9.79. The summed E-state index contributed by atoms with van der Waals surface area (Å²) in [6, 6.07) is 11.2. The fourth-order valence-electron chi connectivity index (χ4n) is 4.45. The molecule has 0 aliphatic heterocycles. The van der Waals surface area contributed by atoms with E-state index in [1.165, 1.54) is 6.20 Å². The van der Waals surface area contributed by atoms with E-state index in [1.54, 1.807) is 43.3 Å². The van der Waals surface area contributed by atoms with Crippen molar-refractivity contribution < 1.29 is 36.2 Å². The highest BCUT2D eigenvalue weighted by Crippen LogP contribution is 2.36. The first-order chi connectivity index (χ1) is 19.2. The molecule has 0 aliphatic rings. The quantitative estimate of drug-likeness (QED) is 0.265. The first kappa shape index (κ1) is 29.8. The average Bonchev–Trinajstić information content (AvgIpc) is 2.92. The summed E-state index contributed by atoms with van der Waals surface area (Å²) in [6.45, 7) is 2.38. The van der Waals surface area contributed by atoms with Gasteiger partial charge in [0.2, 0.25) is 0 Å². The Kier molecular flexibility index (Phi) is 8.25. The number of carbonyl (C=O) groups is 1. The number of aliphatic hydroxyl groups is 1. The third kappa shape index (κ3) is 6.43. The summed E-state index contributed by atoms with van der Waals surface area (Å²) in [5, 5.41) is 12.4. The molecular weight excluding hydrogens is 552 g/mol. The number of nitrogens with zero attached hydrogens (tertiary/aromatic N) is 2. The molecule has 0 fully saturated rings. The monoisotopic (exact) mass is 577 g/mol. The lowest BCUT2D eigenvalue weighted by atomic mass is 9.96. The standard InChI is InChI=1S/C29H25F6N3O3/c1-16-5-7-19(8-6-16)23-22-4-3-9-36-24(22)27(41)38(14-17(2)15-39)25(23)26(40)37-13-18-10-20(28(30,31)32)12-21(11-18)29(33,34)35/h3-12,17,39H,13-15H2,1-2H3,(H,37,40)/t17-/m1/s1. The number of hydrogen-bond acceptors (Lipinski definition) is 4. The summed E-state index contributed by atoms with van der Waals surface area (Å²) in [4.78, 5) is 31.4. The molecular formula is C29H25F6N3O3. The lowest BCUT2D eigenvalue weighted by Gasteiger charge is -2.21. The van der Waals surface area contributed by atoms with Crippen LogP contribution in [-0.4, -0.2) is 27.2 Å². The molecule has 1 atom stereocenters. The Morgan fingerprint density at radius 3 is 2.17 bits per heavy atom. The van der Waals surface area contributed by atoms with E-state index in [1.807, 2.05) is 6.92 Å². The number of rotatable bonds is 7. The van der Waals surface area contributed by atoms with Gasteiger partial charge < -0.3 is 15.0 Å². The van der Waals surface area contributed by atoms with Crippen LogP contribution in [0.1, 0.15) is 39.7 Å². The summed E-state index contributed by atoms with van der Waals surface area (Å²) in [5.74, 6) is -1.39. The molecule has 0 aliphatic carbocycles. The number of hydrogen-bond donors (Lipinski definition) is 2. The van der Waals surface area contributed by atoms with Crippen molar-refractivity contribution in [2.45, 2.75) is 39.3 Å². The van der Waals surface area contributed by atoms with Crippen molar-refractivity contribution in [2.24, 2.45) is 5.92 Å². The van der Waals surface area contributed by atoms with Crippen molar-refractivity contribution in [1.82, 2.24) is 14.9 Å². The zero-order valence-electron chi connectivity index (χ0n) is 21.9. The van der Waals surface area contributed by atoms with Crippen LogP contribution >= 0.6 is 0 Å². The number of aryl methyl sites for hydroxylation is 1. The number of amides is 1. The molecule has 2 heterocycles. The van der Waals surface area contributed by atoms with Gasteiger partial charge in [-0.15, -0.1) is 0 Å². The fourth-order valence-corrected chi connectivity index (χ4v) is 4.45. The van der Waals surface area contributed by atoms with Crippen LogP contribution in [0.15, 0.2) is 65.6 Å². The van der Waals surface area contributed by atoms with Gasteiger partial charge in [0, 0.05) is 36.8 Å². The van der Waals surface area contributed by atoms with Gasteiger partial charge in [-0.2, -0.15) is 26.3 Å². The Labute approximate surface area is 230 Å². The predicted molar refractivity (Wildman–Crippen MR) is 140 cm³/mol. The molecule has 0 saturated heterocycles. The molecule has 0 unspecified atom stereocenters. The Morgan fingerprint density at radius 1 is 1.00 bits per heavy atom. The number of aromatic nitrogens is 2. The number of fused-ring (bicyclic) bond motifs is 1. The van der Waals surface area contributed by atoms with Gasteiger partial charge in [0.1, 0.15) is 11.2 Å². The van der Waals surface area contributed by atoms with Gasteiger partial charge in [0.15, 0.2) is 0 Å². The number of alkyl halides is 6. The normalized spacial score (nSPS) is 12.9. The second-order valence-electron chi connectivity index (χ2n) is 9.79. The van der Waals surface area contributed by atoms with Gasteiger partial charge in [-0.1, -0.05) is 42.8 Å². The molecule has 41 heavy (non-hydrogen) atoms. The Hall–Kier alpha value is -4.19. The Morgan fingerprint density at radius 2 is 1.61 bits per heavy atom. The number of halogens is 6. The molecule has 12 heteroatoms. The van der Waals surface area contributed by atoms with E-state index in [0.29, 0.717) is 28.6 Å². The minimum Gasteiger partial charge on any atom is -0.396 e. The van der Waals surface area contributed by atoms with E-state index in [4.69, 9.17) is 0 Å². The molecule has 216 valence electrons. The van der Waals surface area contributed by atoms with E-state index < -0.39 is 53.0 Å². The maximum absolute atomic E-state index is 13.7. The van der Waals surface area contributed by atoms with Crippen molar-refractivity contribution >= 4 is 16.8 Å². The molecule has 1 amide bonds. The average molecular weight is 578 g/mol. The third-order valence-electron chi connectivity index (χ3n) is 6.49. The molecule has 0 spiro atoms. The summed E-state index contributed by atoms with van der Waals surface area (Å²) < 4.78 is 81.2. The first-order valence-corrected chi connectivity index (χ1v) is 12.5. The molecule has 0 bridgehead atoms. The summed E-state index contributed by atoms with van der Waals surface area (Å²) >= 11 is 0. The van der Waals surface area contributed by atoms with E-state index in [9.17, 15) is 41.0 Å². The Bertz CT molecular complexity index is 1610. The van der Waals surface area contributed by atoms with Crippen LogP contribution in [0.4, 0.5) is 26.3 Å². The maximum Gasteiger partial charge on any atom is 0.416 e. The van der Waals surface area contributed by atoms with Crippen LogP contribution in [0.5, 0.6) is 0 Å². The van der Waals surface area contributed by atoms with Gasteiger partial charge in [0.25, 0.3) is 11.5 Å². The third-order valence-corrected chi connectivity index (χ3v) is 6.49. The zero-order chi connectivity index (χ0) is 30.1. The van der Waals surface area contributed by atoms with Gasteiger partial charge >= 0.3 is 12.4 Å². The van der Waals surface area contributed by atoms with Gasteiger partial charge in [-0.05, 0) is 48.2 Å². The summed E-state index contributed by atoms with van der Waals surface area (Å²) in [6.07, 6.45) is -8.69. The van der Waals surface area contributed by atoms with E-state index in [2.05, 4.69) is 10.3 Å². The van der Waals surface area contributed by atoms with E-state index in [-0.39, 0.29) is 30.4 Å². The first-order valence-electron chi connectivity index (χ1n) is 12.5. The smallest absolute Gasteiger partial charge is 0.396 e. The van der Waals surface area contributed by atoms with Crippen LogP contribution in [0.25, 0.3) is 22.0 Å². The lowest BCUT2D eigenvalue weighted by molar-refractivity contribution is -0.143. The number of carbonyl (C=O) groups excluding carboxylic acids is 1. The van der Waals surface area contributed by atoms with Gasteiger partial charge in [-0.3, -0.25) is 14.6 Å². The maximum atomic E-state index is 13.7. The topological polar surface area (TPSA) is 84.2 Å². The fraction of sp³-hybridized carbons (Fsp3) is 0.276. The molecule has 0 saturated carbocycles. The minimum atomic E-state index is -5.05. The SMILES string of the molecule is Cc1ccc(-c2c(C(=O)NCc3cc(C(F)(F)F)cc(C(F)(F)F)c3)n(C[C@@H](C)CO)c(=O)c3ncccc23)cc1. The minimum absolute atomic E-state index is 0.00505. The van der Waals surface area contributed by atoms with Crippen LogP contribution in [0.2, 0.25) is 0 Å². The van der Waals surface area contributed by atoms with Crippen LogP contribution in [-0.2, 0) is 25.4 Å². The van der Waals surface area contributed by atoms with E-state index in [0.717, 1.165) is 10.1 Å². The number of benzene rings is 2. The predicted octanol–water partition coefficient (Wildman–Crippen LogP) is 5.97. The van der Waals surface area contributed by atoms with Gasteiger partial charge in [-0.25, -0.2) is 0 Å². The van der Waals surface area contributed by atoms with Crippen molar-refractivity contribution in [3.8, 4) is 11.1 Å². The number of pyridine rings is 2. The highest BCUT2D eigenvalue weighted by molar-refractivity contribution is 6.07. The van der Waals surface area contributed by atoms with Crippen LogP contribution in [0.3, 0.4) is 0 Å². The molecule has 0 radical (unpaired) electrons. The van der Waals surface area contributed by atoms with Crippen LogP contribution in [0, 0.1) is 12.8 Å². The molecule has 6 nitrogen and oxygen atoms in total. The van der Waals surface area contributed by atoms with Crippen molar-refractivity contribution in [1.29, 1.82) is 0 Å².